The number of hydrogen-bond donors (Lipinski definition) is 0. The molecule has 3 heterocycles. The van der Waals surface area contributed by atoms with E-state index in [4.69, 9.17) is 0 Å². The monoisotopic (exact) mass is 517 g/mol. The second kappa shape index (κ2) is 10.2. The van der Waals surface area contributed by atoms with Crippen LogP contribution >= 0.6 is 0 Å². The highest BCUT2D eigenvalue weighted by Gasteiger charge is 2.24. The summed E-state index contributed by atoms with van der Waals surface area (Å²) in [7, 11) is 0. The van der Waals surface area contributed by atoms with Crippen molar-refractivity contribution in [2.45, 2.75) is 19.8 Å². The van der Waals surface area contributed by atoms with E-state index in [1.54, 1.807) is 12.7 Å². The first kappa shape index (κ1) is 23.9. The van der Waals surface area contributed by atoms with Crippen LogP contribution in [0.3, 0.4) is 0 Å². The standard InChI is InChI=1S/C35H27N5/c1-24-32(29-16-27(30-18-36-22-37-19-30)15-28(17-29)31-20-38-23-39-21-31)9-6-12-33(24)40-34-10-4-2-7-25(34)13-14-26-8-3-5-11-35(26)40/h2-12,15-23H,13-14H2,1H3. The molecule has 6 aromatic rings. The predicted octanol–water partition coefficient (Wildman–Crippen LogP) is 8.14. The molecule has 0 N–H and O–H groups in total. The molecule has 0 saturated heterocycles. The Labute approximate surface area is 233 Å². The number of anilines is 3. The summed E-state index contributed by atoms with van der Waals surface area (Å²) in [5.41, 5.74) is 13.9. The van der Waals surface area contributed by atoms with Crippen LogP contribution in [0.5, 0.6) is 0 Å². The maximum absolute atomic E-state index is 4.27. The number of benzene rings is 4. The van der Waals surface area contributed by atoms with E-state index < -0.39 is 0 Å². The summed E-state index contributed by atoms with van der Waals surface area (Å²) in [6.45, 7) is 2.23. The van der Waals surface area contributed by atoms with Crippen LogP contribution in [-0.2, 0) is 12.8 Å². The molecular weight excluding hydrogens is 490 g/mol. The van der Waals surface area contributed by atoms with Crippen LogP contribution in [0, 0.1) is 6.92 Å². The van der Waals surface area contributed by atoms with Crippen LogP contribution in [0.15, 0.2) is 122 Å². The van der Waals surface area contributed by atoms with Crippen molar-refractivity contribution in [3.8, 4) is 33.4 Å². The van der Waals surface area contributed by atoms with E-state index in [1.807, 2.05) is 24.8 Å². The van der Waals surface area contributed by atoms with Crippen molar-refractivity contribution >= 4 is 17.1 Å². The summed E-state index contributed by atoms with van der Waals surface area (Å²) in [5, 5.41) is 0. The molecule has 0 spiro atoms. The Kier molecular flexibility index (Phi) is 6.09. The van der Waals surface area contributed by atoms with Crippen LogP contribution in [0.2, 0.25) is 0 Å². The lowest BCUT2D eigenvalue weighted by molar-refractivity contribution is 0.977. The second-order valence-electron chi connectivity index (χ2n) is 10.1. The van der Waals surface area contributed by atoms with Crippen molar-refractivity contribution in [2.24, 2.45) is 0 Å². The lowest BCUT2D eigenvalue weighted by atomic mass is 9.92. The highest BCUT2D eigenvalue weighted by Crippen LogP contribution is 2.45. The number of hydrogen-bond acceptors (Lipinski definition) is 5. The molecule has 7 rings (SSSR count). The van der Waals surface area contributed by atoms with Gasteiger partial charge in [-0.05, 0) is 95.1 Å². The summed E-state index contributed by atoms with van der Waals surface area (Å²) < 4.78 is 0. The molecule has 0 amide bonds. The van der Waals surface area contributed by atoms with E-state index >= 15 is 0 Å². The summed E-state index contributed by atoms with van der Waals surface area (Å²) in [4.78, 5) is 19.5. The van der Waals surface area contributed by atoms with Crippen molar-refractivity contribution in [1.82, 2.24) is 19.9 Å². The quantitative estimate of drug-likeness (QED) is 0.236. The fourth-order valence-electron chi connectivity index (χ4n) is 5.73. The highest BCUT2D eigenvalue weighted by molar-refractivity contribution is 5.88. The number of aromatic nitrogens is 4. The van der Waals surface area contributed by atoms with Gasteiger partial charge in [0, 0.05) is 53.0 Å². The smallest absolute Gasteiger partial charge is 0.115 e. The topological polar surface area (TPSA) is 54.8 Å². The number of nitrogens with zero attached hydrogens (tertiary/aromatic N) is 5. The van der Waals surface area contributed by atoms with Crippen LogP contribution in [-0.4, -0.2) is 19.9 Å². The van der Waals surface area contributed by atoms with Crippen molar-refractivity contribution in [3.63, 3.8) is 0 Å². The summed E-state index contributed by atoms with van der Waals surface area (Å²) in [6, 6.07) is 30.8. The molecule has 0 saturated carbocycles. The predicted molar refractivity (Wildman–Crippen MR) is 161 cm³/mol. The van der Waals surface area contributed by atoms with Gasteiger partial charge in [0.1, 0.15) is 12.7 Å². The maximum atomic E-state index is 4.27. The SMILES string of the molecule is Cc1c(-c2cc(-c3cncnc3)cc(-c3cncnc3)c2)cccc1N1c2ccccc2CCc2ccccc21. The molecule has 0 unspecified atom stereocenters. The molecule has 0 bridgehead atoms. The molecule has 192 valence electrons. The zero-order valence-electron chi connectivity index (χ0n) is 22.2. The normalized spacial score (nSPS) is 12.4. The minimum atomic E-state index is 0.964. The lowest BCUT2D eigenvalue weighted by Gasteiger charge is -2.29. The maximum Gasteiger partial charge on any atom is 0.115 e. The Balaban J connectivity index is 1.44. The number of para-hydroxylation sites is 2. The third-order valence-electron chi connectivity index (χ3n) is 7.71. The van der Waals surface area contributed by atoms with Crippen LogP contribution in [0.1, 0.15) is 16.7 Å². The fourth-order valence-corrected chi connectivity index (χ4v) is 5.73. The molecule has 2 aromatic heterocycles. The molecule has 0 aliphatic carbocycles. The minimum Gasteiger partial charge on any atom is -0.310 e. The van der Waals surface area contributed by atoms with Gasteiger partial charge in [0.05, 0.1) is 0 Å². The van der Waals surface area contributed by atoms with E-state index in [2.05, 4.69) is 117 Å². The van der Waals surface area contributed by atoms with Gasteiger partial charge in [-0.25, -0.2) is 19.9 Å². The van der Waals surface area contributed by atoms with Gasteiger partial charge in [-0.3, -0.25) is 0 Å². The van der Waals surface area contributed by atoms with E-state index in [-0.39, 0.29) is 0 Å². The molecule has 0 radical (unpaired) electrons. The Morgan fingerprint density at radius 3 is 1.52 bits per heavy atom. The second-order valence-corrected chi connectivity index (χ2v) is 10.1. The average Bonchev–Trinajstić information content (AvgIpc) is 3.19. The third-order valence-corrected chi connectivity index (χ3v) is 7.71. The molecule has 5 heteroatoms. The fraction of sp³-hybridized carbons (Fsp3) is 0.0857. The van der Waals surface area contributed by atoms with E-state index in [0.717, 1.165) is 40.7 Å². The minimum absolute atomic E-state index is 0.964. The Morgan fingerprint density at radius 1 is 0.500 bits per heavy atom. The van der Waals surface area contributed by atoms with Gasteiger partial charge < -0.3 is 4.90 Å². The van der Waals surface area contributed by atoms with Gasteiger partial charge in [0.15, 0.2) is 0 Å². The molecule has 0 fully saturated rings. The van der Waals surface area contributed by atoms with Gasteiger partial charge in [-0.2, -0.15) is 0 Å². The number of aryl methyl sites for hydroxylation is 2. The van der Waals surface area contributed by atoms with Crippen LogP contribution < -0.4 is 4.90 Å². The molecule has 1 aliphatic rings. The van der Waals surface area contributed by atoms with Crippen molar-refractivity contribution < 1.29 is 0 Å². The average molecular weight is 518 g/mol. The first-order chi connectivity index (χ1) is 19.8. The van der Waals surface area contributed by atoms with E-state index in [9.17, 15) is 0 Å². The summed E-state index contributed by atoms with van der Waals surface area (Å²) in [5.74, 6) is 0. The van der Waals surface area contributed by atoms with Crippen molar-refractivity contribution in [2.75, 3.05) is 4.90 Å². The van der Waals surface area contributed by atoms with Gasteiger partial charge in [-0.15, -0.1) is 0 Å². The molecular formula is C35H27N5. The third kappa shape index (κ3) is 4.31. The Bertz CT molecular complexity index is 1710. The number of fused-ring (bicyclic) bond motifs is 2. The Hall–Kier alpha value is -5.16. The summed E-state index contributed by atoms with van der Waals surface area (Å²) in [6.07, 6.45) is 12.6. The van der Waals surface area contributed by atoms with Gasteiger partial charge >= 0.3 is 0 Å². The van der Waals surface area contributed by atoms with E-state index in [0.29, 0.717) is 0 Å². The highest BCUT2D eigenvalue weighted by atomic mass is 15.2. The Morgan fingerprint density at radius 2 is 0.975 bits per heavy atom. The first-order valence-electron chi connectivity index (χ1n) is 13.5. The molecule has 5 nitrogen and oxygen atoms in total. The number of rotatable bonds is 4. The molecule has 4 aromatic carbocycles. The van der Waals surface area contributed by atoms with Gasteiger partial charge in [0.25, 0.3) is 0 Å². The summed E-state index contributed by atoms with van der Waals surface area (Å²) >= 11 is 0. The van der Waals surface area contributed by atoms with E-state index in [1.165, 1.54) is 39.3 Å². The van der Waals surface area contributed by atoms with Gasteiger partial charge in [-0.1, -0.05) is 48.5 Å². The molecule has 0 atom stereocenters. The van der Waals surface area contributed by atoms with Crippen molar-refractivity contribution in [1.29, 1.82) is 0 Å². The largest absolute Gasteiger partial charge is 0.310 e. The molecule has 40 heavy (non-hydrogen) atoms. The first-order valence-corrected chi connectivity index (χ1v) is 13.5. The van der Waals surface area contributed by atoms with Crippen LogP contribution in [0.4, 0.5) is 17.1 Å². The van der Waals surface area contributed by atoms with Crippen molar-refractivity contribution in [3.05, 3.63) is 139 Å². The van der Waals surface area contributed by atoms with Crippen LogP contribution in [0.25, 0.3) is 33.4 Å². The van der Waals surface area contributed by atoms with Gasteiger partial charge in [0.2, 0.25) is 0 Å². The lowest BCUT2D eigenvalue weighted by Crippen LogP contribution is -2.13. The molecule has 1 aliphatic heterocycles. The zero-order valence-corrected chi connectivity index (χ0v) is 22.2. The zero-order chi connectivity index (χ0) is 26.9.